The lowest BCUT2D eigenvalue weighted by Gasteiger charge is -2.24. The van der Waals surface area contributed by atoms with Crippen LogP contribution in [-0.4, -0.2) is 42.5 Å². The predicted molar refractivity (Wildman–Crippen MR) is 139 cm³/mol. The largest absolute Gasteiger partial charge is 0.478 e. The second-order valence-electron chi connectivity index (χ2n) is 8.31. The average Bonchev–Trinajstić information content (AvgIpc) is 2.79. The molecule has 3 rings (SSSR count). The van der Waals surface area contributed by atoms with Crippen LogP contribution in [0.3, 0.4) is 0 Å². The zero-order chi connectivity index (χ0) is 26.5. The number of sulfonamides is 1. The Labute approximate surface area is 215 Å². The molecule has 3 aromatic carbocycles. The molecule has 1 amide bonds. The molecule has 0 fully saturated rings. The molecule has 0 atom stereocenters. The molecular formula is C26H26ClN3O5S. The third kappa shape index (κ3) is 6.57. The van der Waals surface area contributed by atoms with Crippen molar-refractivity contribution in [1.82, 2.24) is 9.73 Å². The number of rotatable bonds is 9. The van der Waals surface area contributed by atoms with Crippen LogP contribution in [0.1, 0.15) is 38.2 Å². The molecule has 188 valence electrons. The van der Waals surface area contributed by atoms with Crippen molar-refractivity contribution in [2.75, 3.05) is 6.54 Å². The normalized spacial score (nSPS) is 11.7. The molecule has 0 bridgehead atoms. The van der Waals surface area contributed by atoms with Gasteiger partial charge in [-0.2, -0.15) is 9.41 Å². The number of hydrazone groups is 1. The maximum atomic E-state index is 13.7. The molecule has 0 aliphatic carbocycles. The van der Waals surface area contributed by atoms with Crippen LogP contribution in [0.2, 0.25) is 5.02 Å². The second kappa shape index (κ2) is 11.5. The second-order valence-corrected chi connectivity index (χ2v) is 10.6. The van der Waals surface area contributed by atoms with Gasteiger partial charge >= 0.3 is 5.97 Å². The number of carboxylic acids is 1. The molecule has 0 aliphatic heterocycles. The van der Waals surface area contributed by atoms with Crippen molar-refractivity contribution in [1.29, 1.82) is 0 Å². The molecule has 0 aromatic heterocycles. The van der Waals surface area contributed by atoms with Crippen LogP contribution in [0.25, 0.3) is 0 Å². The molecular weight excluding hydrogens is 502 g/mol. The summed E-state index contributed by atoms with van der Waals surface area (Å²) in [6.45, 7) is 4.76. The zero-order valence-electron chi connectivity index (χ0n) is 20.0. The smallest absolute Gasteiger partial charge is 0.336 e. The number of amides is 1. The van der Waals surface area contributed by atoms with Gasteiger partial charge in [0.15, 0.2) is 0 Å². The van der Waals surface area contributed by atoms with E-state index in [0.29, 0.717) is 27.3 Å². The topological polar surface area (TPSA) is 116 Å². The number of carbonyl (C=O) groups is 2. The molecule has 0 aliphatic rings. The number of aromatic carboxylic acids is 1. The Kier molecular flexibility index (Phi) is 8.62. The van der Waals surface area contributed by atoms with Crippen molar-refractivity contribution in [3.63, 3.8) is 0 Å². The lowest BCUT2D eigenvalue weighted by Crippen LogP contribution is -2.39. The summed E-state index contributed by atoms with van der Waals surface area (Å²) in [5, 5.41) is 13.6. The molecule has 0 heterocycles. The van der Waals surface area contributed by atoms with Gasteiger partial charge in [-0.15, -0.1) is 0 Å². The Morgan fingerprint density at radius 2 is 1.64 bits per heavy atom. The van der Waals surface area contributed by atoms with Gasteiger partial charge in [-0.3, -0.25) is 4.79 Å². The van der Waals surface area contributed by atoms with Gasteiger partial charge in [-0.25, -0.2) is 18.6 Å². The molecule has 0 radical (unpaired) electrons. The van der Waals surface area contributed by atoms with Crippen molar-refractivity contribution in [3.8, 4) is 0 Å². The third-order valence-corrected chi connectivity index (χ3v) is 7.73. The van der Waals surface area contributed by atoms with Crippen LogP contribution in [-0.2, 0) is 21.4 Å². The van der Waals surface area contributed by atoms with Gasteiger partial charge in [0.05, 0.1) is 23.2 Å². The van der Waals surface area contributed by atoms with Gasteiger partial charge in [0.2, 0.25) is 10.0 Å². The van der Waals surface area contributed by atoms with E-state index in [2.05, 4.69) is 10.5 Å². The zero-order valence-corrected chi connectivity index (χ0v) is 21.6. The van der Waals surface area contributed by atoms with E-state index in [-0.39, 0.29) is 17.0 Å². The van der Waals surface area contributed by atoms with Gasteiger partial charge < -0.3 is 5.11 Å². The van der Waals surface area contributed by atoms with Crippen LogP contribution in [0.5, 0.6) is 0 Å². The van der Waals surface area contributed by atoms with E-state index < -0.39 is 28.4 Å². The van der Waals surface area contributed by atoms with Crippen LogP contribution in [0.15, 0.2) is 70.7 Å². The number of nitrogens with zero attached hydrogens (tertiary/aromatic N) is 2. The standard InChI is InChI=1S/C26H26ClN3O5S/c1-17-12-18(2)25(19(3)13-17)36(34,35)30(15-20-8-10-22(27)11-9-20)16-24(31)29-28-14-21-6-4-5-7-23(21)26(32)33/h4-14H,15-16H2,1-3H3,(H,29,31)(H,32,33)/b28-14+. The Morgan fingerprint density at radius 1 is 1.03 bits per heavy atom. The van der Waals surface area contributed by atoms with Gasteiger partial charge in [0.1, 0.15) is 0 Å². The summed E-state index contributed by atoms with van der Waals surface area (Å²) in [7, 11) is -4.07. The first-order valence-corrected chi connectivity index (χ1v) is 12.8. The van der Waals surface area contributed by atoms with Crippen molar-refractivity contribution < 1.29 is 23.1 Å². The fourth-order valence-corrected chi connectivity index (χ4v) is 5.82. The van der Waals surface area contributed by atoms with Crippen molar-refractivity contribution in [2.45, 2.75) is 32.2 Å². The van der Waals surface area contributed by atoms with E-state index in [1.165, 1.54) is 12.3 Å². The molecule has 0 unspecified atom stereocenters. The van der Waals surface area contributed by atoms with Gasteiger partial charge in [-0.1, -0.05) is 59.6 Å². The summed E-state index contributed by atoms with van der Waals surface area (Å²) >= 11 is 5.96. The Balaban J connectivity index is 1.88. The predicted octanol–water partition coefficient (Wildman–Crippen LogP) is 4.30. The highest BCUT2D eigenvalue weighted by molar-refractivity contribution is 7.89. The first-order chi connectivity index (χ1) is 17.0. The van der Waals surface area contributed by atoms with Crippen LogP contribution < -0.4 is 5.43 Å². The molecule has 0 saturated carbocycles. The lowest BCUT2D eigenvalue weighted by molar-refractivity contribution is -0.121. The molecule has 0 spiro atoms. The number of hydrogen-bond donors (Lipinski definition) is 2. The van der Waals surface area contributed by atoms with E-state index in [1.807, 2.05) is 6.92 Å². The molecule has 10 heteroatoms. The van der Waals surface area contributed by atoms with E-state index in [4.69, 9.17) is 11.6 Å². The maximum Gasteiger partial charge on any atom is 0.336 e. The van der Waals surface area contributed by atoms with Crippen molar-refractivity contribution in [2.24, 2.45) is 5.10 Å². The number of halogens is 1. The number of carbonyl (C=O) groups excluding carboxylic acids is 1. The van der Waals surface area contributed by atoms with Crippen molar-refractivity contribution >= 4 is 39.7 Å². The average molecular weight is 528 g/mol. The molecule has 36 heavy (non-hydrogen) atoms. The summed E-state index contributed by atoms with van der Waals surface area (Å²) in [6, 6.07) is 16.4. The fourth-order valence-electron chi connectivity index (χ4n) is 3.90. The van der Waals surface area contributed by atoms with Gasteiger partial charge in [0, 0.05) is 17.1 Å². The highest BCUT2D eigenvalue weighted by Gasteiger charge is 2.30. The van der Waals surface area contributed by atoms with E-state index in [1.54, 1.807) is 68.4 Å². The third-order valence-electron chi connectivity index (χ3n) is 5.38. The minimum atomic E-state index is -4.07. The number of carboxylic acid groups (broad SMARTS) is 1. The summed E-state index contributed by atoms with van der Waals surface area (Å²) in [6.07, 6.45) is 1.20. The summed E-state index contributed by atoms with van der Waals surface area (Å²) < 4.78 is 28.5. The number of hydrogen-bond acceptors (Lipinski definition) is 5. The summed E-state index contributed by atoms with van der Waals surface area (Å²) in [4.78, 5) is 24.2. The molecule has 0 saturated heterocycles. The van der Waals surface area contributed by atoms with Gasteiger partial charge in [0.25, 0.3) is 5.91 Å². The van der Waals surface area contributed by atoms with E-state index in [0.717, 1.165) is 9.87 Å². The highest BCUT2D eigenvalue weighted by atomic mass is 35.5. The number of nitrogens with one attached hydrogen (secondary N) is 1. The van der Waals surface area contributed by atoms with Crippen LogP contribution in [0, 0.1) is 20.8 Å². The Morgan fingerprint density at radius 3 is 2.25 bits per heavy atom. The summed E-state index contributed by atoms with van der Waals surface area (Å²) in [5.41, 5.74) is 5.35. The Bertz CT molecular complexity index is 1400. The molecule has 2 N–H and O–H groups in total. The fraction of sp³-hybridized carbons (Fsp3) is 0.192. The number of aryl methyl sites for hydroxylation is 3. The SMILES string of the molecule is Cc1cc(C)c(S(=O)(=O)N(CC(=O)N/N=C/c2ccccc2C(=O)O)Cc2ccc(Cl)cc2)c(C)c1. The van der Waals surface area contributed by atoms with Crippen molar-refractivity contribution in [3.05, 3.63) is 99.1 Å². The minimum Gasteiger partial charge on any atom is -0.478 e. The monoisotopic (exact) mass is 527 g/mol. The van der Waals surface area contributed by atoms with E-state index >= 15 is 0 Å². The maximum absolute atomic E-state index is 13.7. The molecule has 8 nitrogen and oxygen atoms in total. The van der Waals surface area contributed by atoms with Crippen LogP contribution >= 0.6 is 11.6 Å². The molecule has 3 aromatic rings. The van der Waals surface area contributed by atoms with Crippen LogP contribution in [0.4, 0.5) is 0 Å². The Hall–Kier alpha value is -3.53. The minimum absolute atomic E-state index is 0.0211. The summed E-state index contributed by atoms with van der Waals surface area (Å²) in [5.74, 6) is -1.81. The lowest BCUT2D eigenvalue weighted by atomic mass is 10.1. The van der Waals surface area contributed by atoms with Gasteiger partial charge in [-0.05, 0) is 55.7 Å². The first-order valence-electron chi connectivity index (χ1n) is 11.0. The highest BCUT2D eigenvalue weighted by Crippen LogP contribution is 2.26. The van der Waals surface area contributed by atoms with E-state index in [9.17, 15) is 23.1 Å². The number of benzene rings is 3. The quantitative estimate of drug-likeness (QED) is 0.318. The first kappa shape index (κ1) is 27.1.